The van der Waals surface area contributed by atoms with Gasteiger partial charge in [-0.3, -0.25) is 9.88 Å². The summed E-state index contributed by atoms with van der Waals surface area (Å²) in [5.41, 5.74) is 3.80. The molecule has 0 aliphatic rings. The Labute approximate surface area is 227 Å². The topological polar surface area (TPSA) is 98.9 Å². The SMILES string of the molecule is CC(C)c1ccccc1-n1ccnc1NC(=O)Nc1ccc(-c2ncn(-c3ccc(OC(F)(F)F)cc3)n2)cc1. The highest BCUT2D eigenvalue weighted by atomic mass is 19.4. The van der Waals surface area contributed by atoms with Gasteiger partial charge >= 0.3 is 12.4 Å². The van der Waals surface area contributed by atoms with Crippen molar-refractivity contribution in [2.24, 2.45) is 0 Å². The second kappa shape index (κ2) is 10.9. The van der Waals surface area contributed by atoms with Crippen molar-refractivity contribution in [3.63, 3.8) is 0 Å². The molecule has 12 heteroatoms. The van der Waals surface area contributed by atoms with Gasteiger partial charge in [0.1, 0.15) is 12.1 Å². The van der Waals surface area contributed by atoms with Crippen molar-refractivity contribution in [1.82, 2.24) is 24.3 Å². The van der Waals surface area contributed by atoms with Crippen molar-refractivity contribution < 1.29 is 22.7 Å². The number of rotatable bonds is 7. The van der Waals surface area contributed by atoms with Crippen LogP contribution in [0, 0.1) is 0 Å². The number of nitrogens with zero attached hydrogens (tertiary/aromatic N) is 5. The van der Waals surface area contributed by atoms with Crippen LogP contribution in [0.3, 0.4) is 0 Å². The molecule has 5 rings (SSSR count). The fourth-order valence-electron chi connectivity index (χ4n) is 4.07. The molecule has 3 aromatic carbocycles. The Morgan fingerprint density at radius 2 is 1.65 bits per heavy atom. The number of nitrogens with one attached hydrogen (secondary N) is 2. The van der Waals surface area contributed by atoms with Crippen molar-refractivity contribution in [3.8, 4) is 28.5 Å². The van der Waals surface area contributed by atoms with Gasteiger partial charge < -0.3 is 10.1 Å². The van der Waals surface area contributed by atoms with E-state index in [1.54, 1.807) is 36.7 Å². The summed E-state index contributed by atoms with van der Waals surface area (Å²) < 4.78 is 44.3. The first kappa shape index (κ1) is 26.5. The molecule has 2 amide bonds. The summed E-state index contributed by atoms with van der Waals surface area (Å²) in [5, 5.41) is 9.96. The summed E-state index contributed by atoms with van der Waals surface area (Å²) in [5.74, 6) is 0.749. The predicted octanol–water partition coefficient (Wildman–Crippen LogP) is 6.79. The molecule has 0 saturated heterocycles. The van der Waals surface area contributed by atoms with Crippen LogP contribution in [-0.2, 0) is 0 Å². The zero-order chi connectivity index (χ0) is 28.3. The van der Waals surface area contributed by atoms with E-state index in [1.807, 2.05) is 28.8 Å². The van der Waals surface area contributed by atoms with E-state index in [2.05, 4.69) is 44.3 Å². The van der Waals surface area contributed by atoms with Crippen LogP contribution < -0.4 is 15.4 Å². The second-order valence-corrected chi connectivity index (χ2v) is 9.05. The number of imidazole rings is 1. The molecule has 9 nitrogen and oxygen atoms in total. The molecule has 2 aromatic heterocycles. The maximum Gasteiger partial charge on any atom is 0.573 e. The third-order valence-electron chi connectivity index (χ3n) is 5.91. The van der Waals surface area contributed by atoms with Crippen molar-refractivity contribution in [3.05, 3.63) is 97.1 Å². The molecule has 204 valence electrons. The first-order valence-corrected chi connectivity index (χ1v) is 12.3. The van der Waals surface area contributed by atoms with Gasteiger partial charge in [-0.05, 0) is 66.1 Å². The normalized spacial score (nSPS) is 11.4. The molecule has 5 aromatic rings. The number of carbonyl (C=O) groups is 1. The highest BCUT2D eigenvalue weighted by Gasteiger charge is 2.31. The molecule has 0 saturated carbocycles. The zero-order valence-corrected chi connectivity index (χ0v) is 21.4. The lowest BCUT2D eigenvalue weighted by molar-refractivity contribution is -0.274. The monoisotopic (exact) mass is 547 g/mol. The first-order chi connectivity index (χ1) is 19.2. The van der Waals surface area contributed by atoms with Crippen LogP contribution in [-0.4, -0.2) is 36.7 Å². The van der Waals surface area contributed by atoms with E-state index in [1.165, 1.54) is 35.3 Å². The average Bonchev–Trinajstić information content (AvgIpc) is 3.59. The molecule has 40 heavy (non-hydrogen) atoms. The second-order valence-electron chi connectivity index (χ2n) is 9.05. The van der Waals surface area contributed by atoms with Gasteiger partial charge in [0, 0.05) is 23.6 Å². The Kier molecular flexibility index (Phi) is 7.23. The molecule has 0 bridgehead atoms. The largest absolute Gasteiger partial charge is 0.573 e. The lowest BCUT2D eigenvalue weighted by Gasteiger charge is -2.16. The van der Waals surface area contributed by atoms with Crippen LogP contribution in [0.25, 0.3) is 22.8 Å². The lowest BCUT2D eigenvalue weighted by Crippen LogP contribution is -2.21. The number of alkyl halides is 3. The van der Waals surface area contributed by atoms with E-state index in [4.69, 9.17) is 0 Å². The van der Waals surface area contributed by atoms with Crippen molar-refractivity contribution >= 4 is 17.7 Å². The minimum atomic E-state index is -4.76. The number of urea groups is 1. The van der Waals surface area contributed by atoms with Crippen molar-refractivity contribution in [1.29, 1.82) is 0 Å². The standard InChI is InChI=1S/C28H24F3N7O2/c1-18(2)23-5-3-4-6-24(23)37-16-15-32-26(37)35-27(39)34-20-9-7-19(8-10-20)25-33-17-38(36-25)21-11-13-22(14-12-21)40-28(29,30)31/h3-18H,1-2H3,(H2,32,34,35,39). The minimum absolute atomic E-state index is 0.290. The molecular weight excluding hydrogens is 523 g/mol. The fourth-order valence-corrected chi connectivity index (χ4v) is 4.07. The fraction of sp³-hybridized carbons (Fsp3) is 0.143. The number of benzene rings is 3. The highest BCUT2D eigenvalue weighted by Crippen LogP contribution is 2.26. The predicted molar refractivity (Wildman–Crippen MR) is 144 cm³/mol. The van der Waals surface area contributed by atoms with Crippen LogP contribution in [0.1, 0.15) is 25.3 Å². The molecule has 0 unspecified atom stereocenters. The third-order valence-corrected chi connectivity index (χ3v) is 5.91. The number of halogens is 3. The highest BCUT2D eigenvalue weighted by molar-refractivity contribution is 5.99. The van der Waals surface area contributed by atoms with Crippen LogP contribution in [0.2, 0.25) is 0 Å². The minimum Gasteiger partial charge on any atom is -0.406 e. The van der Waals surface area contributed by atoms with E-state index in [9.17, 15) is 18.0 Å². The number of carbonyl (C=O) groups excluding carboxylic acids is 1. The zero-order valence-electron chi connectivity index (χ0n) is 21.4. The van der Waals surface area contributed by atoms with Crippen LogP contribution in [0.4, 0.5) is 29.6 Å². The van der Waals surface area contributed by atoms with E-state index in [0.29, 0.717) is 28.7 Å². The summed E-state index contributed by atoms with van der Waals surface area (Å²) >= 11 is 0. The number of ether oxygens (including phenoxy) is 1. The number of para-hydroxylation sites is 1. The maximum absolute atomic E-state index is 12.7. The van der Waals surface area contributed by atoms with Gasteiger partial charge in [0.15, 0.2) is 5.82 Å². The van der Waals surface area contributed by atoms with Crippen LogP contribution in [0.15, 0.2) is 91.5 Å². The molecule has 0 fully saturated rings. The van der Waals surface area contributed by atoms with Gasteiger partial charge in [0.25, 0.3) is 0 Å². The Morgan fingerprint density at radius 1 is 0.925 bits per heavy atom. The number of hydrogen-bond acceptors (Lipinski definition) is 5. The molecule has 0 aliphatic heterocycles. The summed E-state index contributed by atoms with van der Waals surface area (Å²) in [6.07, 6.45) is 0.112. The lowest BCUT2D eigenvalue weighted by atomic mass is 10.0. The van der Waals surface area contributed by atoms with Crippen LogP contribution in [0.5, 0.6) is 5.75 Å². The summed E-state index contributed by atoms with van der Waals surface area (Å²) in [7, 11) is 0. The Balaban J connectivity index is 1.23. The first-order valence-electron chi connectivity index (χ1n) is 12.3. The Bertz CT molecular complexity index is 1610. The summed E-state index contributed by atoms with van der Waals surface area (Å²) in [6.45, 7) is 4.21. The third kappa shape index (κ3) is 6.12. The van der Waals surface area contributed by atoms with E-state index in [-0.39, 0.29) is 11.7 Å². The van der Waals surface area contributed by atoms with E-state index < -0.39 is 12.4 Å². The molecule has 2 N–H and O–H groups in total. The number of anilines is 2. The van der Waals surface area contributed by atoms with E-state index >= 15 is 0 Å². The summed E-state index contributed by atoms with van der Waals surface area (Å²) in [4.78, 5) is 21.3. The molecule has 0 spiro atoms. The number of amides is 2. The molecule has 0 radical (unpaired) electrons. The van der Waals surface area contributed by atoms with Crippen LogP contribution >= 0.6 is 0 Å². The maximum atomic E-state index is 12.7. The van der Waals surface area contributed by atoms with Crippen molar-refractivity contribution in [2.45, 2.75) is 26.1 Å². The smallest absolute Gasteiger partial charge is 0.406 e. The van der Waals surface area contributed by atoms with Crippen molar-refractivity contribution in [2.75, 3.05) is 10.6 Å². The number of aromatic nitrogens is 5. The van der Waals surface area contributed by atoms with Gasteiger partial charge in [0.2, 0.25) is 5.95 Å². The quantitative estimate of drug-likeness (QED) is 0.234. The molecule has 0 atom stereocenters. The Hall–Kier alpha value is -5.13. The molecular formula is C28H24F3N7O2. The molecule has 2 heterocycles. The Morgan fingerprint density at radius 3 is 2.35 bits per heavy atom. The van der Waals surface area contributed by atoms with Gasteiger partial charge in [0.05, 0.1) is 11.4 Å². The molecule has 0 aliphatic carbocycles. The van der Waals surface area contributed by atoms with E-state index in [0.717, 1.165) is 11.3 Å². The van der Waals surface area contributed by atoms with Gasteiger partial charge in [-0.15, -0.1) is 18.3 Å². The average molecular weight is 548 g/mol. The number of hydrogen-bond donors (Lipinski definition) is 2. The van der Waals surface area contributed by atoms with Gasteiger partial charge in [-0.1, -0.05) is 32.0 Å². The van der Waals surface area contributed by atoms with Gasteiger partial charge in [-0.2, -0.15) is 0 Å². The van der Waals surface area contributed by atoms with Gasteiger partial charge in [-0.25, -0.2) is 19.4 Å². The summed E-state index contributed by atoms with van der Waals surface area (Å²) in [6, 6.07) is 19.7.